The standard InChI is InChI=1S/C14H12O4/c1-14(2)4-3-8-5-9-6-10(15)13(16)17-11(9)7-12(8)18-14/h3-7,15H,1-2H3. The first-order valence-electron chi connectivity index (χ1n) is 5.64. The van der Waals surface area contributed by atoms with Crippen molar-refractivity contribution < 1.29 is 14.3 Å². The van der Waals surface area contributed by atoms with E-state index in [1.807, 2.05) is 32.1 Å². The molecule has 0 amide bonds. The lowest BCUT2D eigenvalue weighted by molar-refractivity contribution is 0.159. The highest BCUT2D eigenvalue weighted by molar-refractivity contribution is 5.84. The van der Waals surface area contributed by atoms with Crippen molar-refractivity contribution in [2.75, 3.05) is 0 Å². The first kappa shape index (κ1) is 10.9. The van der Waals surface area contributed by atoms with Crippen LogP contribution in [-0.2, 0) is 0 Å². The zero-order valence-corrected chi connectivity index (χ0v) is 10.1. The average Bonchev–Trinajstić information content (AvgIpc) is 2.28. The zero-order valence-electron chi connectivity index (χ0n) is 10.1. The highest BCUT2D eigenvalue weighted by Gasteiger charge is 2.22. The van der Waals surface area contributed by atoms with E-state index in [1.54, 1.807) is 6.07 Å². The van der Waals surface area contributed by atoms with E-state index in [0.717, 1.165) is 5.56 Å². The fourth-order valence-corrected chi connectivity index (χ4v) is 1.98. The first-order chi connectivity index (χ1) is 8.44. The molecule has 0 aliphatic carbocycles. The molecule has 0 saturated heterocycles. The van der Waals surface area contributed by atoms with E-state index in [4.69, 9.17) is 9.15 Å². The maximum atomic E-state index is 11.3. The summed E-state index contributed by atoms with van der Waals surface area (Å²) in [4.78, 5) is 11.3. The second-order valence-corrected chi connectivity index (χ2v) is 4.89. The molecule has 0 bridgehead atoms. The molecule has 1 aromatic heterocycles. The normalized spacial score (nSPS) is 16.3. The van der Waals surface area contributed by atoms with E-state index in [1.165, 1.54) is 6.07 Å². The minimum absolute atomic E-state index is 0.377. The van der Waals surface area contributed by atoms with Crippen LogP contribution in [0.1, 0.15) is 19.4 Å². The van der Waals surface area contributed by atoms with Gasteiger partial charge in [-0.05, 0) is 32.1 Å². The number of ether oxygens (including phenoxy) is 1. The lowest BCUT2D eigenvalue weighted by atomic mass is 10.0. The molecule has 1 aromatic carbocycles. The van der Waals surface area contributed by atoms with Crippen molar-refractivity contribution in [1.82, 2.24) is 0 Å². The highest BCUT2D eigenvalue weighted by atomic mass is 16.5. The molecule has 1 N–H and O–H groups in total. The first-order valence-corrected chi connectivity index (χ1v) is 5.64. The average molecular weight is 244 g/mol. The minimum Gasteiger partial charge on any atom is -0.502 e. The Kier molecular flexibility index (Phi) is 2.05. The molecular weight excluding hydrogens is 232 g/mol. The van der Waals surface area contributed by atoms with Crippen molar-refractivity contribution in [2.45, 2.75) is 19.4 Å². The summed E-state index contributed by atoms with van der Waals surface area (Å²) in [6.07, 6.45) is 3.92. The third kappa shape index (κ3) is 1.66. The van der Waals surface area contributed by atoms with Gasteiger partial charge < -0.3 is 14.3 Å². The Bertz CT molecular complexity index is 722. The summed E-state index contributed by atoms with van der Waals surface area (Å²) >= 11 is 0. The molecule has 2 heterocycles. The van der Waals surface area contributed by atoms with Crippen LogP contribution in [0.4, 0.5) is 0 Å². The van der Waals surface area contributed by atoms with Crippen LogP contribution in [0.15, 0.2) is 33.5 Å². The summed E-state index contributed by atoms with van der Waals surface area (Å²) in [7, 11) is 0. The Morgan fingerprint density at radius 2 is 2.00 bits per heavy atom. The van der Waals surface area contributed by atoms with Crippen molar-refractivity contribution in [3.05, 3.63) is 40.3 Å². The lowest BCUT2D eigenvalue weighted by Gasteiger charge is -2.27. The SMILES string of the molecule is CC1(C)C=Cc2cc3cc(O)c(=O)oc3cc2O1. The van der Waals surface area contributed by atoms with Crippen LogP contribution >= 0.6 is 0 Å². The summed E-state index contributed by atoms with van der Waals surface area (Å²) in [6, 6.07) is 4.89. The molecule has 4 nitrogen and oxygen atoms in total. The second kappa shape index (κ2) is 3.38. The van der Waals surface area contributed by atoms with E-state index in [0.29, 0.717) is 16.7 Å². The molecule has 3 rings (SSSR count). The van der Waals surface area contributed by atoms with E-state index in [9.17, 15) is 9.90 Å². The van der Waals surface area contributed by atoms with Crippen LogP contribution < -0.4 is 10.4 Å². The number of rotatable bonds is 0. The minimum atomic E-state index is -0.743. The fourth-order valence-electron chi connectivity index (χ4n) is 1.98. The van der Waals surface area contributed by atoms with Gasteiger partial charge in [0.05, 0.1) is 0 Å². The number of fused-ring (bicyclic) bond motifs is 2. The maximum Gasteiger partial charge on any atom is 0.378 e. The van der Waals surface area contributed by atoms with Crippen molar-refractivity contribution >= 4 is 17.0 Å². The van der Waals surface area contributed by atoms with E-state index >= 15 is 0 Å². The molecule has 4 heteroatoms. The van der Waals surface area contributed by atoms with Gasteiger partial charge in [-0.25, -0.2) is 4.79 Å². The molecule has 18 heavy (non-hydrogen) atoms. The van der Waals surface area contributed by atoms with Crippen LogP contribution in [0.25, 0.3) is 17.0 Å². The molecule has 0 spiro atoms. The van der Waals surface area contributed by atoms with Gasteiger partial charge in [0.1, 0.15) is 16.9 Å². The largest absolute Gasteiger partial charge is 0.502 e. The smallest absolute Gasteiger partial charge is 0.378 e. The molecule has 1 aliphatic heterocycles. The number of benzene rings is 1. The van der Waals surface area contributed by atoms with E-state index in [-0.39, 0.29) is 11.4 Å². The molecule has 0 unspecified atom stereocenters. The van der Waals surface area contributed by atoms with Gasteiger partial charge in [0.15, 0.2) is 0 Å². The molecule has 1 aliphatic rings. The van der Waals surface area contributed by atoms with Crippen molar-refractivity contribution in [3.8, 4) is 11.5 Å². The van der Waals surface area contributed by atoms with Crippen LogP contribution in [0.2, 0.25) is 0 Å². The Hall–Kier alpha value is -2.23. The van der Waals surface area contributed by atoms with Crippen molar-refractivity contribution in [1.29, 1.82) is 0 Å². The molecule has 2 aromatic rings. The zero-order chi connectivity index (χ0) is 12.9. The lowest BCUT2D eigenvalue weighted by Crippen LogP contribution is -2.27. The van der Waals surface area contributed by atoms with Gasteiger partial charge in [0, 0.05) is 17.0 Å². The number of hydrogen-bond acceptors (Lipinski definition) is 4. The summed E-state index contributed by atoms with van der Waals surface area (Å²) in [5, 5.41) is 10.0. The van der Waals surface area contributed by atoms with Gasteiger partial charge >= 0.3 is 5.63 Å². The summed E-state index contributed by atoms with van der Waals surface area (Å²) < 4.78 is 10.8. The number of aromatic hydroxyl groups is 1. The van der Waals surface area contributed by atoms with E-state index in [2.05, 4.69) is 0 Å². The van der Waals surface area contributed by atoms with Crippen molar-refractivity contribution in [3.63, 3.8) is 0 Å². The summed E-state index contributed by atoms with van der Waals surface area (Å²) in [6.45, 7) is 3.90. The maximum absolute atomic E-state index is 11.3. The van der Waals surface area contributed by atoms with E-state index < -0.39 is 5.63 Å². The Balaban J connectivity index is 2.28. The Morgan fingerprint density at radius 1 is 1.22 bits per heavy atom. The van der Waals surface area contributed by atoms with Gasteiger partial charge in [0.25, 0.3) is 0 Å². The fraction of sp³-hybridized carbons (Fsp3) is 0.214. The van der Waals surface area contributed by atoms with Crippen molar-refractivity contribution in [2.24, 2.45) is 0 Å². The highest BCUT2D eigenvalue weighted by Crippen LogP contribution is 2.34. The van der Waals surface area contributed by atoms with Gasteiger partial charge in [-0.15, -0.1) is 0 Å². The quantitative estimate of drug-likeness (QED) is 0.724. The van der Waals surface area contributed by atoms with Gasteiger partial charge in [-0.3, -0.25) is 0 Å². The monoisotopic (exact) mass is 244 g/mol. The molecule has 92 valence electrons. The predicted octanol–water partition coefficient (Wildman–Crippen LogP) is 2.68. The Labute approximate surface area is 103 Å². The van der Waals surface area contributed by atoms with Crippen LogP contribution in [0.5, 0.6) is 11.5 Å². The number of hydrogen-bond donors (Lipinski definition) is 1. The third-order valence-corrected chi connectivity index (χ3v) is 2.88. The van der Waals surface area contributed by atoms with Crippen LogP contribution in [0, 0.1) is 0 Å². The second-order valence-electron chi connectivity index (χ2n) is 4.89. The third-order valence-electron chi connectivity index (χ3n) is 2.88. The topological polar surface area (TPSA) is 59.7 Å². The van der Waals surface area contributed by atoms with Gasteiger partial charge in [-0.2, -0.15) is 0 Å². The summed E-state index contributed by atoms with van der Waals surface area (Å²) in [5.74, 6) is 0.285. The van der Waals surface area contributed by atoms with Crippen LogP contribution in [0.3, 0.4) is 0 Å². The predicted molar refractivity (Wildman–Crippen MR) is 67.9 cm³/mol. The molecule has 0 atom stereocenters. The van der Waals surface area contributed by atoms with Crippen LogP contribution in [-0.4, -0.2) is 10.7 Å². The molecule has 0 saturated carbocycles. The van der Waals surface area contributed by atoms with Gasteiger partial charge in [-0.1, -0.05) is 6.08 Å². The molecule has 0 radical (unpaired) electrons. The molecule has 0 fully saturated rings. The van der Waals surface area contributed by atoms with Gasteiger partial charge in [0.2, 0.25) is 5.75 Å². The Morgan fingerprint density at radius 3 is 2.78 bits per heavy atom. The molecular formula is C14H12O4. The summed E-state index contributed by atoms with van der Waals surface area (Å²) in [5.41, 5.74) is 0.184.